The maximum Gasteiger partial charge on any atom is 0.489 e. The molecule has 0 radical (unpaired) electrons. The standard InChI is InChI=1S/C18H20BN3O5/c20-17(24)14-8-13(22-6-2-1-3-16(14)22)9-21-18(25)11-4-5-15(19(26)27)12(7-11)10-23/h4-5,7-8,10,26-27H,1-3,6,9H2,(H2,20,24)(H,21,25). The van der Waals surface area contributed by atoms with E-state index in [0.717, 1.165) is 37.2 Å². The molecule has 1 aromatic carbocycles. The van der Waals surface area contributed by atoms with Gasteiger partial charge in [-0.05, 0) is 42.9 Å². The molecule has 0 fully saturated rings. The summed E-state index contributed by atoms with van der Waals surface area (Å²) >= 11 is 0. The van der Waals surface area contributed by atoms with Crippen LogP contribution >= 0.6 is 0 Å². The minimum atomic E-state index is -1.79. The zero-order chi connectivity index (χ0) is 19.6. The molecule has 0 atom stereocenters. The molecule has 0 bridgehead atoms. The van der Waals surface area contributed by atoms with Crippen LogP contribution in [0.25, 0.3) is 0 Å². The fourth-order valence-corrected chi connectivity index (χ4v) is 3.44. The van der Waals surface area contributed by atoms with Gasteiger partial charge in [0.15, 0.2) is 0 Å². The number of carbonyl (C=O) groups is 3. The molecular formula is C18H20BN3O5. The lowest BCUT2D eigenvalue weighted by Gasteiger charge is -2.19. The Morgan fingerprint density at radius 1 is 1.26 bits per heavy atom. The molecule has 8 nitrogen and oxygen atoms in total. The molecule has 1 aliphatic heterocycles. The largest absolute Gasteiger partial charge is 0.489 e. The number of nitrogens with one attached hydrogen (secondary N) is 1. The van der Waals surface area contributed by atoms with Crippen molar-refractivity contribution in [3.8, 4) is 0 Å². The smallest absolute Gasteiger partial charge is 0.423 e. The number of carbonyl (C=O) groups excluding carboxylic acids is 3. The number of rotatable bonds is 6. The molecule has 2 heterocycles. The van der Waals surface area contributed by atoms with E-state index in [2.05, 4.69) is 5.32 Å². The van der Waals surface area contributed by atoms with Crippen LogP contribution in [0.1, 0.15) is 55.3 Å². The molecule has 1 aromatic heterocycles. The summed E-state index contributed by atoms with van der Waals surface area (Å²) in [6.45, 7) is 0.978. The van der Waals surface area contributed by atoms with E-state index in [1.807, 2.05) is 4.57 Å². The SMILES string of the molecule is NC(=O)c1cc(CNC(=O)c2ccc(B(O)O)c(C=O)c2)n2c1CCCC2. The van der Waals surface area contributed by atoms with Gasteiger partial charge in [0.1, 0.15) is 6.29 Å². The lowest BCUT2D eigenvalue weighted by Crippen LogP contribution is -2.34. The molecule has 27 heavy (non-hydrogen) atoms. The van der Waals surface area contributed by atoms with Crippen LogP contribution in [-0.2, 0) is 19.5 Å². The quantitative estimate of drug-likeness (QED) is 0.396. The van der Waals surface area contributed by atoms with Crippen LogP contribution in [0.2, 0.25) is 0 Å². The van der Waals surface area contributed by atoms with Gasteiger partial charge in [-0.25, -0.2) is 0 Å². The number of aromatic nitrogens is 1. The van der Waals surface area contributed by atoms with Gasteiger partial charge in [0.05, 0.1) is 12.1 Å². The third kappa shape index (κ3) is 3.79. The monoisotopic (exact) mass is 369 g/mol. The Morgan fingerprint density at radius 3 is 2.70 bits per heavy atom. The molecule has 0 spiro atoms. The number of fused-ring (bicyclic) bond motifs is 1. The third-order valence-electron chi connectivity index (χ3n) is 4.79. The van der Waals surface area contributed by atoms with E-state index in [1.165, 1.54) is 18.2 Å². The molecule has 0 aliphatic carbocycles. The molecule has 140 valence electrons. The predicted molar refractivity (Wildman–Crippen MR) is 98.7 cm³/mol. The van der Waals surface area contributed by atoms with Gasteiger partial charge >= 0.3 is 7.12 Å². The van der Waals surface area contributed by atoms with Gasteiger partial charge < -0.3 is 25.7 Å². The molecule has 3 rings (SSSR count). The number of aldehydes is 1. The number of amides is 2. The second kappa shape index (κ2) is 7.77. The number of hydrogen-bond donors (Lipinski definition) is 4. The van der Waals surface area contributed by atoms with Gasteiger partial charge in [-0.2, -0.15) is 0 Å². The number of nitrogens with two attached hydrogens (primary N) is 1. The van der Waals surface area contributed by atoms with Crippen molar-refractivity contribution in [2.45, 2.75) is 32.4 Å². The fraction of sp³-hybridized carbons (Fsp3) is 0.278. The molecule has 9 heteroatoms. The molecule has 0 saturated carbocycles. The highest BCUT2D eigenvalue weighted by atomic mass is 16.4. The summed E-state index contributed by atoms with van der Waals surface area (Å²) in [6.07, 6.45) is 3.23. The van der Waals surface area contributed by atoms with Crippen molar-refractivity contribution in [2.24, 2.45) is 5.73 Å². The van der Waals surface area contributed by atoms with Crippen LogP contribution in [0, 0.1) is 0 Å². The molecule has 5 N–H and O–H groups in total. The number of nitrogens with zero attached hydrogens (tertiary/aromatic N) is 1. The van der Waals surface area contributed by atoms with Crippen LogP contribution in [0.15, 0.2) is 24.3 Å². The molecule has 0 unspecified atom stereocenters. The number of primary amides is 1. The first-order chi connectivity index (χ1) is 12.9. The maximum atomic E-state index is 12.4. The highest BCUT2D eigenvalue weighted by Gasteiger charge is 2.22. The Morgan fingerprint density at radius 2 is 2.04 bits per heavy atom. The number of benzene rings is 1. The minimum Gasteiger partial charge on any atom is -0.423 e. The first-order valence-electron chi connectivity index (χ1n) is 8.67. The van der Waals surface area contributed by atoms with Crippen LogP contribution in [0.4, 0.5) is 0 Å². The van der Waals surface area contributed by atoms with E-state index in [1.54, 1.807) is 6.07 Å². The van der Waals surface area contributed by atoms with Gasteiger partial charge in [-0.3, -0.25) is 14.4 Å². The topological polar surface area (TPSA) is 135 Å². The van der Waals surface area contributed by atoms with Crippen molar-refractivity contribution in [1.29, 1.82) is 0 Å². The fourth-order valence-electron chi connectivity index (χ4n) is 3.44. The zero-order valence-corrected chi connectivity index (χ0v) is 14.6. The summed E-state index contributed by atoms with van der Waals surface area (Å²) in [5, 5.41) is 21.2. The lowest BCUT2D eigenvalue weighted by atomic mass is 9.77. The van der Waals surface area contributed by atoms with Crippen molar-refractivity contribution in [2.75, 3.05) is 0 Å². The average Bonchev–Trinajstić information content (AvgIpc) is 3.04. The molecule has 0 saturated heterocycles. The van der Waals surface area contributed by atoms with Crippen molar-refractivity contribution < 1.29 is 24.4 Å². The molecule has 2 amide bonds. The van der Waals surface area contributed by atoms with Crippen molar-refractivity contribution in [3.05, 3.63) is 52.3 Å². The minimum absolute atomic E-state index is 0.0355. The third-order valence-corrected chi connectivity index (χ3v) is 4.79. The van der Waals surface area contributed by atoms with Gasteiger partial charge in [-0.15, -0.1) is 0 Å². The van der Waals surface area contributed by atoms with Gasteiger partial charge in [0.2, 0.25) is 0 Å². The van der Waals surface area contributed by atoms with E-state index in [-0.39, 0.29) is 23.1 Å². The van der Waals surface area contributed by atoms with Crippen LogP contribution in [0.5, 0.6) is 0 Å². The Hall–Kier alpha value is -2.91. The second-order valence-corrected chi connectivity index (χ2v) is 6.49. The van der Waals surface area contributed by atoms with Crippen molar-refractivity contribution in [3.63, 3.8) is 0 Å². The van der Waals surface area contributed by atoms with Gasteiger partial charge in [0.25, 0.3) is 11.8 Å². The first-order valence-corrected chi connectivity index (χ1v) is 8.67. The van der Waals surface area contributed by atoms with E-state index >= 15 is 0 Å². The second-order valence-electron chi connectivity index (χ2n) is 6.49. The predicted octanol–water partition coefficient (Wildman–Crippen LogP) is -0.654. The summed E-state index contributed by atoms with van der Waals surface area (Å²) in [4.78, 5) is 35.2. The Balaban J connectivity index is 1.78. The summed E-state index contributed by atoms with van der Waals surface area (Å²) in [5.74, 6) is -0.893. The Kier molecular flexibility index (Phi) is 5.43. The van der Waals surface area contributed by atoms with Crippen LogP contribution in [0.3, 0.4) is 0 Å². The summed E-state index contributed by atoms with van der Waals surface area (Å²) in [6, 6.07) is 5.76. The van der Waals surface area contributed by atoms with Crippen molar-refractivity contribution >= 4 is 30.7 Å². The Labute approximate surface area is 156 Å². The average molecular weight is 369 g/mol. The lowest BCUT2D eigenvalue weighted by molar-refractivity contribution is 0.0948. The zero-order valence-electron chi connectivity index (χ0n) is 14.6. The highest BCUT2D eigenvalue weighted by molar-refractivity contribution is 6.60. The van der Waals surface area contributed by atoms with Crippen molar-refractivity contribution in [1.82, 2.24) is 9.88 Å². The van der Waals surface area contributed by atoms with E-state index in [4.69, 9.17) is 5.73 Å². The summed E-state index contributed by atoms with van der Waals surface area (Å²) < 4.78 is 2.02. The maximum absolute atomic E-state index is 12.4. The highest BCUT2D eigenvalue weighted by Crippen LogP contribution is 2.23. The van der Waals surface area contributed by atoms with Gasteiger partial charge in [0, 0.05) is 29.1 Å². The first kappa shape index (κ1) is 18.9. The van der Waals surface area contributed by atoms with Crippen LogP contribution < -0.4 is 16.5 Å². The molecule has 1 aliphatic rings. The molecular weight excluding hydrogens is 349 g/mol. The normalized spacial score (nSPS) is 13.0. The number of hydrogen-bond acceptors (Lipinski definition) is 5. The van der Waals surface area contributed by atoms with Crippen LogP contribution in [-0.4, -0.2) is 39.8 Å². The summed E-state index contributed by atoms with van der Waals surface area (Å²) in [7, 11) is -1.79. The molecule has 2 aromatic rings. The van der Waals surface area contributed by atoms with E-state index in [0.29, 0.717) is 11.8 Å². The Bertz CT molecular complexity index is 907. The van der Waals surface area contributed by atoms with Gasteiger partial charge in [-0.1, -0.05) is 6.07 Å². The van der Waals surface area contributed by atoms with E-state index < -0.39 is 18.9 Å². The van der Waals surface area contributed by atoms with E-state index in [9.17, 15) is 24.4 Å². The summed E-state index contributed by atoms with van der Waals surface area (Å²) in [5.41, 5.74) is 7.94.